The third kappa shape index (κ3) is 7.06. The molecule has 1 aliphatic heterocycles. The molecule has 0 unspecified atom stereocenters. The molecule has 0 amide bonds. The number of sulfonamides is 1. The van der Waals surface area contributed by atoms with E-state index in [4.69, 9.17) is 0 Å². The van der Waals surface area contributed by atoms with Crippen molar-refractivity contribution < 1.29 is 21.6 Å². The van der Waals surface area contributed by atoms with Crippen LogP contribution in [0.5, 0.6) is 0 Å². The van der Waals surface area contributed by atoms with Crippen molar-refractivity contribution >= 4 is 10.0 Å². The number of benzene rings is 1. The summed E-state index contributed by atoms with van der Waals surface area (Å²) < 4.78 is 64.8. The molecule has 0 radical (unpaired) electrons. The van der Waals surface area contributed by atoms with Crippen LogP contribution < -0.4 is 0 Å². The molecule has 0 spiro atoms. The standard InChI is InChI=1S/C24H35F3N2O2S/c1-28(32(30,31)23-13-11-22(12-14-23)24(25,26)27)19-15-21-9-7-20(8-10-21)6-5-18-29-16-3-2-4-17-29/h5-6,11-14,20-21H,2-4,7-10,15-19H2,1H3/b6-5+. The summed E-state index contributed by atoms with van der Waals surface area (Å²) >= 11 is 0. The Morgan fingerprint density at radius 1 is 1.03 bits per heavy atom. The molecule has 8 heteroatoms. The molecule has 1 saturated carbocycles. The van der Waals surface area contributed by atoms with Crippen molar-refractivity contribution in [3.63, 3.8) is 0 Å². The number of piperidine rings is 1. The molecule has 1 saturated heterocycles. The third-order valence-electron chi connectivity index (χ3n) is 6.85. The monoisotopic (exact) mass is 472 g/mol. The average Bonchev–Trinajstić information content (AvgIpc) is 2.78. The van der Waals surface area contributed by atoms with Gasteiger partial charge in [-0.2, -0.15) is 13.2 Å². The first-order valence-corrected chi connectivity index (χ1v) is 13.1. The lowest BCUT2D eigenvalue weighted by Gasteiger charge is -2.29. The van der Waals surface area contributed by atoms with Crippen molar-refractivity contribution in [3.8, 4) is 0 Å². The second-order valence-electron chi connectivity index (χ2n) is 9.21. The number of hydrogen-bond donors (Lipinski definition) is 0. The maximum Gasteiger partial charge on any atom is 0.416 e. The minimum Gasteiger partial charge on any atom is -0.300 e. The fourth-order valence-corrected chi connectivity index (χ4v) is 5.88. The van der Waals surface area contributed by atoms with E-state index < -0.39 is 21.8 Å². The maximum atomic E-state index is 12.7. The first-order chi connectivity index (χ1) is 15.2. The zero-order valence-electron chi connectivity index (χ0n) is 18.9. The van der Waals surface area contributed by atoms with Gasteiger partial charge < -0.3 is 0 Å². The molecular weight excluding hydrogens is 437 g/mol. The maximum absolute atomic E-state index is 12.7. The van der Waals surface area contributed by atoms with E-state index in [0.717, 1.165) is 62.9 Å². The van der Waals surface area contributed by atoms with E-state index in [1.165, 1.54) is 43.7 Å². The molecule has 1 aromatic carbocycles. The normalized spacial score (nSPS) is 23.8. The van der Waals surface area contributed by atoms with Crippen molar-refractivity contribution in [2.75, 3.05) is 33.2 Å². The van der Waals surface area contributed by atoms with E-state index in [2.05, 4.69) is 17.1 Å². The van der Waals surface area contributed by atoms with Gasteiger partial charge in [0.25, 0.3) is 0 Å². The van der Waals surface area contributed by atoms with Gasteiger partial charge in [-0.25, -0.2) is 12.7 Å². The van der Waals surface area contributed by atoms with Crippen LogP contribution in [0, 0.1) is 11.8 Å². The molecule has 0 N–H and O–H groups in total. The van der Waals surface area contributed by atoms with Gasteiger partial charge in [0.1, 0.15) is 0 Å². The van der Waals surface area contributed by atoms with Gasteiger partial charge in [-0.1, -0.05) is 18.6 Å². The number of alkyl halides is 3. The molecule has 1 aromatic rings. The third-order valence-corrected chi connectivity index (χ3v) is 8.73. The minimum atomic E-state index is -4.48. The highest BCUT2D eigenvalue weighted by molar-refractivity contribution is 7.89. The van der Waals surface area contributed by atoms with Gasteiger partial charge in [-0.15, -0.1) is 0 Å². The van der Waals surface area contributed by atoms with Gasteiger partial charge in [-0.3, -0.25) is 4.90 Å². The molecule has 2 fully saturated rings. The first kappa shape index (κ1) is 25.2. The summed E-state index contributed by atoms with van der Waals surface area (Å²) in [5.74, 6) is 1.11. The summed E-state index contributed by atoms with van der Waals surface area (Å²) in [6.45, 7) is 3.84. The van der Waals surface area contributed by atoms with Crippen molar-refractivity contribution in [3.05, 3.63) is 42.0 Å². The zero-order chi connectivity index (χ0) is 23.2. The molecule has 1 aliphatic carbocycles. The number of allylic oxidation sites excluding steroid dienone is 1. The van der Waals surface area contributed by atoms with Crippen LogP contribution in [0.1, 0.15) is 56.9 Å². The van der Waals surface area contributed by atoms with E-state index in [1.54, 1.807) is 0 Å². The lowest BCUT2D eigenvalue weighted by molar-refractivity contribution is -0.137. The molecule has 0 atom stereocenters. The van der Waals surface area contributed by atoms with Crippen molar-refractivity contribution in [2.24, 2.45) is 11.8 Å². The molecule has 0 bridgehead atoms. The lowest BCUT2D eigenvalue weighted by Crippen LogP contribution is -2.30. The van der Waals surface area contributed by atoms with Gasteiger partial charge in [0.15, 0.2) is 0 Å². The number of nitrogens with zero attached hydrogens (tertiary/aromatic N) is 2. The zero-order valence-corrected chi connectivity index (χ0v) is 19.7. The van der Waals surface area contributed by atoms with Crippen LogP contribution in [0.4, 0.5) is 13.2 Å². The Bertz CT molecular complexity index is 839. The number of likely N-dealkylation sites (tertiary alicyclic amines) is 1. The predicted octanol–water partition coefficient (Wildman–Crippen LogP) is 5.56. The molecule has 4 nitrogen and oxygen atoms in total. The number of halogens is 3. The summed E-state index contributed by atoms with van der Waals surface area (Å²) in [5.41, 5.74) is -0.846. The van der Waals surface area contributed by atoms with Crippen molar-refractivity contribution in [1.29, 1.82) is 0 Å². The quantitative estimate of drug-likeness (QED) is 0.465. The predicted molar refractivity (Wildman–Crippen MR) is 121 cm³/mol. The van der Waals surface area contributed by atoms with E-state index in [0.29, 0.717) is 18.4 Å². The highest BCUT2D eigenvalue weighted by Gasteiger charge is 2.31. The molecule has 3 rings (SSSR count). The Hall–Kier alpha value is -1.38. The van der Waals surface area contributed by atoms with Crippen LogP contribution in [-0.4, -0.2) is 50.8 Å². The molecule has 2 aliphatic rings. The lowest BCUT2D eigenvalue weighted by atomic mass is 9.80. The molecule has 32 heavy (non-hydrogen) atoms. The highest BCUT2D eigenvalue weighted by Crippen LogP contribution is 2.33. The largest absolute Gasteiger partial charge is 0.416 e. The molecule has 0 aromatic heterocycles. The average molecular weight is 473 g/mol. The van der Waals surface area contributed by atoms with Gasteiger partial charge in [0.05, 0.1) is 10.5 Å². The SMILES string of the molecule is CN(CCC1CCC(/C=C/CN2CCCCC2)CC1)S(=O)(=O)c1ccc(C(F)(F)F)cc1. The van der Waals surface area contributed by atoms with Crippen LogP contribution >= 0.6 is 0 Å². The van der Waals surface area contributed by atoms with Crippen LogP contribution in [0.25, 0.3) is 0 Å². The Balaban J connectivity index is 1.41. The first-order valence-electron chi connectivity index (χ1n) is 11.7. The Kier molecular flexibility index (Phi) is 8.81. The van der Waals surface area contributed by atoms with E-state index in [1.807, 2.05) is 0 Å². The highest BCUT2D eigenvalue weighted by atomic mass is 32.2. The molecule has 1 heterocycles. The number of hydrogen-bond acceptors (Lipinski definition) is 3. The topological polar surface area (TPSA) is 40.6 Å². The summed E-state index contributed by atoms with van der Waals surface area (Å²) in [6, 6.07) is 3.72. The van der Waals surface area contributed by atoms with Gasteiger partial charge in [-0.05, 0) is 94.1 Å². The van der Waals surface area contributed by atoms with Crippen molar-refractivity contribution in [2.45, 2.75) is 62.4 Å². The van der Waals surface area contributed by atoms with E-state index in [9.17, 15) is 21.6 Å². The van der Waals surface area contributed by atoms with Crippen LogP contribution in [0.15, 0.2) is 41.3 Å². The van der Waals surface area contributed by atoms with Crippen LogP contribution in [-0.2, 0) is 16.2 Å². The Morgan fingerprint density at radius 2 is 1.66 bits per heavy atom. The van der Waals surface area contributed by atoms with E-state index in [-0.39, 0.29) is 4.90 Å². The summed E-state index contributed by atoms with van der Waals surface area (Å²) in [5, 5.41) is 0. The number of rotatable bonds is 8. The summed E-state index contributed by atoms with van der Waals surface area (Å²) in [4.78, 5) is 2.41. The molecular formula is C24H35F3N2O2S. The Morgan fingerprint density at radius 3 is 2.25 bits per heavy atom. The molecule has 180 valence electrons. The summed E-state index contributed by atoms with van der Waals surface area (Å²) in [6.07, 6.45) is 9.41. The minimum absolute atomic E-state index is 0.101. The van der Waals surface area contributed by atoms with Gasteiger partial charge in [0, 0.05) is 20.1 Å². The second-order valence-corrected chi connectivity index (χ2v) is 11.3. The van der Waals surface area contributed by atoms with Crippen molar-refractivity contribution in [1.82, 2.24) is 9.21 Å². The van der Waals surface area contributed by atoms with Crippen LogP contribution in [0.3, 0.4) is 0 Å². The Labute approximate surface area is 190 Å². The fourth-order valence-electron chi connectivity index (χ4n) is 4.69. The van der Waals surface area contributed by atoms with E-state index >= 15 is 0 Å². The van der Waals surface area contributed by atoms with Gasteiger partial charge in [0.2, 0.25) is 10.0 Å². The summed E-state index contributed by atoms with van der Waals surface area (Å²) in [7, 11) is -2.28. The van der Waals surface area contributed by atoms with Gasteiger partial charge >= 0.3 is 6.18 Å². The smallest absolute Gasteiger partial charge is 0.300 e. The second kappa shape index (κ2) is 11.2. The van der Waals surface area contributed by atoms with Crippen LogP contribution in [0.2, 0.25) is 0 Å². The fraction of sp³-hybridized carbons (Fsp3) is 0.667.